The van der Waals surface area contributed by atoms with Gasteiger partial charge in [0.1, 0.15) is 0 Å². The highest BCUT2D eigenvalue weighted by atomic mass is 32.1. The standard InChI is InChI=1S/C18H28N4S/c1-4-22-15(2)16(11-19-22)12-20(3)13-17-7-8-18(23-17)14-21-9-5-6-10-21/h7-8,11H,4-6,9-10,12-14H2,1-3H3. The van der Waals surface area contributed by atoms with Crippen molar-refractivity contribution in [2.24, 2.45) is 0 Å². The van der Waals surface area contributed by atoms with Gasteiger partial charge in [-0.2, -0.15) is 5.10 Å². The van der Waals surface area contributed by atoms with Crippen LogP contribution < -0.4 is 0 Å². The summed E-state index contributed by atoms with van der Waals surface area (Å²) in [6, 6.07) is 4.61. The molecule has 3 heterocycles. The Morgan fingerprint density at radius 1 is 1.17 bits per heavy atom. The van der Waals surface area contributed by atoms with Crippen LogP contribution in [0.4, 0.5) is 0 Å². The van der Waals surface area contributed by atoms with Gasteiger partial charge in [-0.15, -0.1) is 11.3 Å². The second-order valence-electron chi connectivity index (χ2n) is 6.59. The van der Waals surface area contributed by atoms with Crippen molar-refractivity contribution in [2.75, 3.05) is 20.1 Å². The van der Waals surface area contributed by atoms with Crippen LogP contribution in [-0.4, -0.2) is 39.7 Å². The maximum absolute atomic E-state index is 4.44. The fourth-order valence-electron chi connectivity index (χ4n) is 3.33. The van der Waals surface area contributed by atoms with E-state index in [0.29, 0.717) is 0 Å². The van der Waals surface area contributed by atoms with Crippen molar-refractivity contribution in [3.05, 3.63) is 39.3 Å². The van der Waals surface area contributed by atoms with Gasteiger partial charge in [0.2, 0.25) is 0 Å². The molecule has 1 aliphatic heterocycles. The minimum Gasteiger partial charge on any atom is -0.298 e. The number of hydrogen-bond acceptors (Lipinski definition) is 4. The Balaban J connectivity index is 1.54. The van der Waals surface area contributed by atoms with Gasteiger partial charge < -0.3 is 0 Å². The first kappa shape index (κ1) is 16.7. The summed E-state index contributed by atoms with van der Waals surface area (Å²) in [5, 5.41) is 4.44. The minimum absolute atomic E-state index is 0.945. The molecule has 4 nitrogen and oxygen atoms in total. The molecule has 1 fully saturated rings. The summed E-state index contributed by atoms with van der Waals surface area (Å²) in [5.41, 5.74) is 2.63. The Kier molecular flexibility index (Phi) is 5.51. The molecule has 0 radical (unpaired) electrons. The predicted octanol–water partition coefficient (Wildman–Crippen LogP) is 3.50. The van der Waals surface area contributed by atoms with Crippen LogP contribution in [0.2, 0.25) is 0 Å². The van der Waals surface area contributed by atoms with Crippen LogP contribution in [-0.2, 0) is 26.2 Å². The summed E-state index contributed by atoms with van der Waals surface area (Å²) in [5.74, 6) is 0. The predicted molar refractivity (Wildman–Crippen MR) is 96.6 cm³/mol. The number of aromatic nitrogens is 2. The van der Waals surface area contributed by atoms with Gasteiger partial charge in [0.05, 0.1) is 6.20 Å². The summed E-state index contributed by atoms with van der Waals surface area (Å²) < 4.78 is 2.07. The first-order chi connectivity index (χ1) is 11.2. The Morgan fingerprint density at radius 3 is 2.61 bits per heavy atom. The molecule has 3 rings (SSSR count). The molecule has 2 aromatic heterocycles. The van der Waals surface area contributed by atoms with Gasteiger partial charge >= 0.3 is 0 Å². The minimum atomic E-state index is 0.945. The lowest BCUT2D eigenvalue weighted by Gasteiger charge is -2.15. The Labute approximate surface area is 143 Å². The molecular formula is C18H28N4S. The van der Waals surface area contributed by atoms with Crippen LogP contribution in [0.15, 0.2) is 18.3 Å². The largest absolute Gasteiger partial charge is 0.298 e. The molecule has 0 aromatic carbocycles. The monoisotopic (exact) mass is 332 g/mol. The van der Waals surface area contributed by atoms with E-state index < -0.39 is 0 Å². The molecule has 0 unspecified atom stereocenters. The van der Waals surface area contributed by atoms with Crippen LogP contribution in [0.3, 0.4) is 0 Å². The quantitative estimate of drug-likeness (QED) is 0.775. The molecule has 1 saturated heterocycles. The molecule has 0 N–H and O–H groups in total. The number of rotatable bonds is 7. The zero-order valence-corrected chi connectivity index (χ0v) is 15.4. The summed E-state index contributed by atoms with van der Waals surface area (Å²) in [6.07, 6.45) is 4.75. The molecular weight excluding hydrogens is 304 g/mol. The van der Waals surface area contributed by atoms with Crippen LogP contribution >= 0.6 is 11.3 Å². The van der Waals surface area contributed by atoms with E-state index in [1.807, 2.05) is 17.5 Å². The molecule has 0 bridgehead atoms. The highest BCUT2D eigenvalue weighted by Gasteiger charge is 2.14. The molecule has 126 valence electrons. The average Bonchev–Trinajstić information content (AvgIpc) is 3.24. The lowest BCUT2D eigenvalue weighted by Crippen LogP contribution is -2.17. The molecule has 0 saturated carbocycles. The zero-order chi connectivity index (χ0) is 16.2. The van der Waals surface area contributed by atoms with Crippen LogP contribution in [0.5, 0.6) is 0 Å². The normalized spacial score (nSPS) is 15.8. The van der Waals surface area contributed by atoms with Gasteiger partial charge in [0.25, 0.3) is 0 Å². The van der Waals surface area contributed by atoms with Gasteiger partial charge in [-0.1, -0.05) is 0 Å². The van der Waals surface area contributed by atoms with Gasteiger partial charge in [0, 0.05) is 47.2 Å². The van der Waals surface area contributed by atoms with E-state index in [-0.39, 0.29) is 0 Å². The topological polar surface area (TPSA) is 24.3 Å². The van der Waals surface area contributed by atoms with Gasteiger partial charge in [-0.25, -0.2) is 0 Å². The third-order valence-electron chi connectivity index (χ3n) is 4.67. The van der Waals surface area contributed by atoms with E-state index in [1.165, 1.54) is 46.9 Å². The third kappa shape index (κ3) is 4.22. The number of thiophene rings is 1. The summed E-state index contributed by atoms with van der Waals surface area (Å²) in [4.78, 5) is 7.92. The molecule has 0 amide bonds. The van der Waals surface area contributed by atoms with Crippen molar-refractivity contribution >= 4 is 11.3 Å². The van der Waals surface area contributed by atoms with Crippen molar-refractivity contribution in [1.29, 1.82) is 0 Å². The van der Waals surface area contributed by atoms with E-state index in [1.54, 1.807) is 0 Å². The van der Waals surface area contributed by atoms with E-state index in [4.69, 9.17) is 0 Å². The summed E-state index contributed by atoms with van der Waals surface area (Å²) in [6.45, 7) is 10.9. The number of likely N-dealkylation sites (tertiary alicyclic amines) is 1. The lowest BCUT2D eigenvalue weighted by molar-refractivity contribution is 0.321. The number of hydrogen-bond donors (Lipinski definition) is 0. The van der Waals surface area contributed by atoms with Gasteiger partial charge in [0.15, 0.2) is 0 Å². The first-order valence-electron chi connectivity index (χ1n) is 8.65. The van der Waals surface area contributed by atoms with E-state index in [2.05, 4.69) is 52.6 Å². The van der Waals surface area contributed by atoms with Gasteiger partial charge in [-0.05, 0) is 59.0 Å². The SMILES string of the molecule is CCn1ncc(CN(C)Cc2ccc(CN3CCCC3)s2)c1C. The van der Waals surface area contributed by atoms with Crippen molar-refractivity contribution in [2.45, 2.75) is 52.9 Å². The molecule has 1 aliphatic rings. The van der Waals surface area contributed by atoms with Crippen molar-refractivity contribution < 1.29 is 0 Å². The van der Waals surface area contributed by atoms with E-state index in [0.717, 1.165) is 26.2 Å². The molecule has 0 spiro atoms. The fraction of sp³-hybridized carbons (Fsp3) is 0.611. The van der Waals surface area contributed by atoms with Crippen molar-refractivity contribution in [1.82, 2.24) is 19.6 Å². The third-order valence-corrected chi connectivity index (χ3v) is 5.72. The number of nitrogens with zero attached hydrogens (tertiary/aromatic N) is 4. The van der Waals surface area contributed by atoms with Gasteiger partial charge in [-0.3, -0.25) is 14.5 Å². The van der Waals surface area contributed by atoms with E-state index in [9.17, 15) is 0 Å². The second kappa shape index (κ2) is 7.60. The van der Waals surface area contributed by atoms with Crippen molar-refractivity contribution in [3.8, 4) is 0 Å². The van der Waals surface area contributed by atoms with E-state index >= 15 is 0 Å². The van der Waals surface area contributed by atoms with Crippen molar-refractivity contribution in [3.63, 3.8) is 0 Å². The summed E-state index contributed by atoms with van der Waals surface area (Å²) >= 11 is 1.97. The molecule has 5 heteroatoms. The smallest absolute Gasteiger partial charge is 0.0537 e. The maximum atomic E-state index is 4.44. The fourth-order valence-corrected chi connectivity index (χ4v) is 4.47. The Hall–Kier alpha value is -1.17. The zero-order valence-electron chi connectivity index (χ0n) is 14.6. The van der Waals surface area contributed by atoms with Crippen LogP contribution in [0, 0.1) is 6.92 Å². The number of aryl methyl sites for hydroxylation is 1. The molecule has 0 atom stereocenters. The summed E-state index contributed by atoms with van der Waals surface area (Å²) in [7, 11) is 2.20. The lowest BCUT2D eigenvalue weighted by atomic mass is 10.2. The second-order valence-corrected chi connectivity index (χ2v) is 7.85. The maximum Gasteiger partial charge on any atom is 0.0537 e. The molecule has 23 heavy (non-hydrogen) atoms. The highest BCUT2D eigenvalue weighted by molar-refractivity contribution is 7.11. The average molecular weight is 333 g/mol. The Morgan fingerprint density at radius 2 is 1.91 bits per heavy atom. The Bertz CT molecular complexity index is 625. The van der Waals surface area contributed by atoms with Crippen LogP contribution in [0.1, 0.15) is 40.8 Å². The molecule has 0 aliphatic carbocycles. The van der Waals surface area contributed by atoms with Crippen LogP contribution in [0.25, 0.3) is 0 Å². The highest BCUT2D eigenvalue weighted by Crippen LogP contribution is 2.22. The molecule has 2 aromatic rings. The first-order valence-corrected chi connectivity index (χ1v) is 9.47.